The average Bonchev–Trinajstić information content (AvgIpc) is 2.33. The SMILES string of the molecule is Nc1ncccc1CC(=O)CC1CNCCO1. The van der Waals surface area contributed by atoms with E-state index in [0.717, 1.165) is 18.7 Å². The molecule has 92 valence electrons. The number of rotatable bonds is 4. The summed E-state index contributed by atoms with van der Waals surface area (Å²) >= 11 is 0. The van der Waals surface area contributed by atoms with Crippen LogP contribution in [0.5, 0.6) is 0 Å². The summed E-state index contributed by atoms with van der Waals surface area (Å²) in [5, 5.41) is 3.20. The van der Waals surface area contributed by atoms with Gasteiger partial charge in [-0.25, -0.2) is 4.98 Å². The summed E-state index contributed by atoms with van der Waals surface area (Å²) in [4.78, 5) is 15.8. The molecule has 1 fully saturated rings. The van der Waals surface area contributed by atoms with Crippen LogP contribution in [0.25, 0.3) is 0 Å². The van der Waals surface area contributed by atoms with Crippen molar-refractivity contribution in [2.24, 2.45) is 0 Å². The zero-order valence-electron chi connectivity index (χ0n) is 9.69. The smallest absolute Gasteiger partial charge is 0.140 e. The van der Waals surface area contributed by atoms with Gasteiger partial charge in [0.2, 0.25) is 0 Å². The van der Waals surface area contributed by atoms with E-state index in [2.05, 4.69) is 10.3 Å². The van der Waals surface area contributed by atoms with Gasteiger partial charge in [0.05, 0.1) is 12.7 Å². The van der Waals surface area contributed by atoms with Gasteiger partial charge < -0.3 is 15.8 Å². The van der Waals surface area contributed by atoms with Crippen molar-refractivity contribution in [3.05, 3.63) is 23.9 Å². The summed E-state index contributed by atoms with van der Waals surface area (Å²) in [5.41, 5.74) is 6.49. The van der Waals surface area contributed by atoms with Gasteiger partial charge in [0.1, 0.15) is 11.6 Å². The summed E-state index contributed by atoms with van der Waals surface area (Å²) in [7, 11) is 0. The molecule has 1 aliphatic heterocycles. The second kappa shape index (κ2) is 5.75. The van der Waals surface area contributed by atoms with Gasteiger partial charge >= 0.3 is 0 Å². The van der Waals surface area contributed by atoms with Crippen LogP contribution in [0.2, 0.25) is 0 Å². The van der Waals surface area contributed by atoms with Gasteiger partial charge in [0, 0.05) is 37.7 Å². The maximum atomic E-state index is 11.8. The van der Waals surface area contributed by atoms with E-state index < -0.39 is 0 Å². The highest BCUT2D eigenvalue weighted by Gasteiger charge is 2.17. The second-order valence-electron chi connectivity index (χ2n) is 4.16. The number of morpholine rings is 1. The van der Waals surface area contributed by atoms with Crippen molar-refractivity contribution in [1.29, 1.82) is 0 Å². The van der Waals surface area contributed by atoms with E-state index in [1.54, 1.807) is 12.3 Å². The molecule has 3 N–H and O–H groups in total. The summed E-state index contributed by atoms with van der Waals surface area (Å²) in [6.45, 7) is 2.28. The van der Waals surface area contributed by atoms with Gasteiger partial charge in [-0.15, -0.1) is 0 Å². The summed E-state index contributed by atoms with van der Waals surface area (Å²) in [6.07, 6.45) is 2.38. The Bertz CT molecular complexity index is 389. The molecule has 17 heavy (non-hydrogen) atoms. The Morgan fingerprint density at radius 1 is 1.65 bits per heavy atom. The number of anilines is 1. The van der Waals surface area contributed by atoms with E-state index in [9.17, 15) is 4.79 Å². The minimum absolute atomic E-state index is 0.00542. The largest absolute Gasteiger partial charge is 0.383 e. The number of nitrogen functional groups attached to an aromatic ring is 1. The number of hydrogen-bond donors (Lipinski definition) is 2. The third kappa shape index (κ3) is 3.51. The summed E-state index contributed by atoms with van der Waals surface area (Å²) in [5.74, 6) is 0.571. The molecule has 1 unspecified atom stereocenters. The Labute approximate surface area is 100 Å². The fraction of sp³-hybridized carbons (Fsp3) is 0.500. The number of nitrogens with two attached hydrogens (primary N) is 1. The molecule has 0 bridgehead atoms. The Hall–Kier alpha value is -1.46. The van der Waals surface area contributed by atoms with Gasteiger partial charge in [0.25, 0.3) is 0 Å². The summed E-state index contributed by atoms with van der Waals surface area (Å²) < 4.78 is 5.49. The molecule has 1 atom stereocenters. The van der Waals surface area contributed by atoms with Gasteiger partial charge in [-0.05, 0) is 6.07 Å². The molecule has 0 aliphatic carbocycles. The Morgan fingerprint density at radius 2 is 2.53 bits per heavy atom. The van der Waals surface area contributed by atoms with Crippen LogP contribution in [0.3, 0.4) is 0 Å². The number of pyridine rings is 1. The zero-order valence-corrected chi connectivity index (χ0v) is 9.69. The lowest BCUT2D eigenvalue weighted by atomic mass is 10.0. The van der Waals surface area contributed by atoms with Crippen LogP contribution in [-0.4, -0.2) is 36.6 Å². The number of nitrogens with zero attached hydrogens (tertiary/aromatic N) is 1. The molecule has 2 heterocycles. The molecular weight excluding hydrogens is 218 g/mol. The quantitative estimate of drug-likeness (QED) is 0.777. The molecule has 0 saturated carbocycles. The first-order chi connectivity index (χ1) is 8.25. The normalized spacial score (nSPS) is 20.1. The standard InChI is InChI=1S/C12H17N3O2/c13-12-9(2-1-3-15-12)6-10(16)7-11-8-14-4-5-17-11/h1-3,11,14H,4-8H2,(H2,13,15). The third-order valence-electron chi connectivity index (χ3n) is 2.77. The van der Waals surface area contributed by atoms with E-state index >= 15 is 0 Å². The lowest BCUT2D eigenvalue weighted by Gasteiger charge is -2.22. The molecular formula is C12H17N3O2. The first-order valence-electron chi connectivity index (χ1n) is 5.79. The minimum Gasteiger partial charge on any atom is -0.383 e. The van der Waals surface area contributed by atoms with Crippen LogP contribution >= 0.6 is 0 Å². The fourth-order valence-corrected chi connectivity index (χ4v) is 1.89. The highest BCUT2D eigenvalue weighted by atomic mass is 16.5. The van der Waals surface area contributed by atoms with Crippen LogP contribution in [0.15, 0.2) is 18.3 Å². The lowest BCUT2D eigenvalue weighted by Crippen LogP contribution is -2.39. The zero-order chi connectivity index (χ0) is 12.1. The molecule has 0 aromatic carbocycles. The molecule has 5 nitrogen and oxygen atoms in total. The van der Waals surface area contributed by atoms with Gasteiger partial charge in [-0.3, -0.25) is 4.79 Å². The van der Waals surface area contributed by atoms with Crippen LogP contribution in [0.4, 0.5) is 5.82 Å². The van der Waals surface area contributed by atoms with E-state index in [-0.39, 0.29) is 11.9 Å². The molecule has 1 aromatic rings. The first kappa shape index (κ1) is 12.0. The monoisotopic (exact) mass is 235 g/mol. The first-order valence-corrected chi connectivity index (χ1v) is 5.79. The molecule has 5 heteroatoms. The molecule has 1 saturated heterocycles. The van der Waals surface area contributed by atoms with Crippen LogP contribution in [0, 0.1) is 0 Å². The number of carbonyl (C=O) groups excluding carboxylic acids is 1. The third-order valence-corrected chi connectivity index (χ3v) is 2.77. The van der Waals surface area contributed by atoms with E-state index in [1.807, 2.05) is 6.07 Å². The Balaban J connectivity index is 1.86. The van der Waals surface area contributed by atoms with Crippen molar-refractivity contribution >= 4 is 11.6 Å². The van der Waals surface area contributed by atoms with E-state index in [1.165, 1.54) is 0 Å². The van der Waals surface area contributed by atoms with E-state index in [0.29, 0.717) is 25.3 Å². The fourth-order valence-electron chi connectivity index (χ4n) is 1.89. The van der Waals surface area contributed by atoms with Gasteiger partial charge in [-0.1, -0.05) is 6.07 Å². The predicted molar refractivity (Wildman–Crippen MR) is 64.6 cm³/mol. The maximum absolute atomic E-state index is 11.8. The van der Waals surface area contributed by atoms with Crippen molar-refractivity contribution in [2.45, 2.75) is 18.9 Å². The molecule has 0 amide bonds. The van der Waals surface area contributed by atoms with Crippen molar-refractivity contribution < 1.29 is 9.53 Å². The Kier molecular flexibility index (Phi) is 4.06. The number of ether oxygens (including phenoxy) is 1. The van der Waals surface area contributed by atoms with Crippen molar-refractivity contribution in [1.82, 2.24) is 10.3 Å². The minimum atomic E-state index is -0.00542. The molecule has 2 rings (SSSR count). The average molecular weight is 235 g/mol. The van der Waals surface area contributed by atoms with Crippen LogP contribution in [0.1, 0.15) is 12.0 Å². The van der Waals surface area contributed by atoms with Gasteiger partial charge in [-0.2, -0.15) is 0 Å². The highest BCUT2D eigenvalue weighted by molar-refractivity contribution is 5.82. The molecule has 1 aliphatic rings. The predicted octanol–water partition coefficient (Wildman–Crippen LogP) is 0.154. The molecule has 0 radical (unpaired) electrons. The van der Waals surface area contributed by atoms with Gasteiger partial charge in [0.15, 0.2) is 0 Å². The number of hydrogen-bond acceptors (Lipinski definition) is 5. The second-order valence-corrected chi connectivity index (χ2v) is 4.16. The van der Waals surface area contributed by atoms with Crippen LogP contribution in [-0.2, 0) is 16.0 Å². The van der Waals surface area contributed by atoms with Crippen molar-refractivity contribution in [3.8, 4) is 0 Å². The highest BCUT2D eigenvalue weighted by Crippen LogP contribution is 2.11. The number of carbonyl (C=O) groups is 1. The van der Waals surface area contributed by atoms with E-state index in [4.69, 9.17) is 10.5 Å². The number of aromatic nitrogens is 1. The lowest BCUT2D eigenvalue weighted by molar-refractivity contribution is -0.121. The summed E-state index contributed by atoms with van der Waals surface area (Å²) in [6, 6.07) is 3.62. The number of Topliss-reactive ketones (excluding diaryl/α,β-unsaturated/α-hetero) is 1. The molecule has 1 aromatic heterocycles. The number of ketones is 1. The molecule has 0 spiro atoms. The number of nitrogens with one attached hydrogen (secondary N) is 1. The van der Waals surface area contributed by atoms with Crippen molar-refractivity contribution in [3.63, 3.8) is 0 Å². The topological polar surface area (TPSA) is 77.2 Å². The van der Waals surface area contributed by atoms with Crippen molar-refractivity contribution in [2.75, 3.05) is 25.4 Å². The Morgan fingerprint density at radius 3 is 3.24 bits per heavy atom. The maximum Gasteiger partial charge on any atom is 0.140 e. The van der Waals surface area contributed by atoms with Crippen LogP contribution < -0.4 is 11.1 Å².